The van der Waals surface area contributed by atoms with Crippen LogP contribution in [0.2, 0.25) is 0 Å². The van der Waals surface area contributed by atoms with Crippen molar-refractivity contribution in [3.63, 3.8) is 0 Å². The van der Waals surface area contributed by atoms with Gasteiger partial charge in [-0.3, -0.25) is 4.84 Å². The fraction of sp³-hybridized carbons (Fsp3) is 1.00. The van der Waals surface area contributed by atoms with Crippen LogP contribution in [0.3, 0.4) is 0 Å². The number of alkyl halides is 1. The van der Waals surface area contributed by atoms with Gasteiger partial charge in [-0.1, -0.05) is 22.6 Å². The normalized spacial score (nSPS) is 13.8. The Kier molecular flexibility index (Phi) is 5.09. The van der Waals surface area contributed by atoms with Gasteiger partial charge in [-0.2, -0.15) is 5.48 Å². The van der Waals surface area contributed by atoms with Crippen LogP contribution in [0, 0.1) is 5.21 Å². The van der Waals surface area contributed by atoms with Gasteiger partial charge in [-0.25, -0.2) is 0 Å². The van der Waals surface area contributed by atoms with Gasteiger partial charge < -0.3 is 10.3 Å². The maximum absolute atomic E-state index is 11.3. The van der Waals surface area contributed by atoms with Crippen LogP contribution in [0.15, 0.2) is 0 Å². The van der Waals surface area contributed by atoms with Crippen LogP contribution >= 0.6 is 22.6 Å². The van der Waals surface area contributed by atoms with E-state index >= 15 is 0 Å². The van der Waals surface area contributed by atoms with Crippen LogP contribution in [0.5, 0.6) is 0 Å². The van der Waals surface area contributed by atoms with Gasteiger partial charge in [-0.05, 0) is 34.6 Å². The first-order valence-corrected chi connectivity index (χ1v) is 5.25. The number of hydroxylamine groups is 3. The Bertz CT molecular complexity index is 151. The van der Waals surface area contributed by atoms with E-state index in [1.54, 1.807) is 0 Å². The zero-order chi connectivity index (χ0) is 10.7. The highest BCUT2D eigenvalue weighted by atomic mass is 127. The molecule has 0 saturated heterocycles. The molecular weight excluding hydrogens is 283 g/mol. The van der Waals surface area contributed by atoms with E-state index in [0.29, 0.717) is 0 Å². The van der Waals surface area contributed by atoms with E-state index < -0.39 is 3.55 Å². The molecule has 0 radical (unpaired) electrons. The van der Waals surface area contributed by atoms with E-state index in [4.69, 9.17) is 4.84 Å². The zero-order valence-corrected chi connectivity index (χ0v) is 11.0. The monoisotopic (exact) mass is 301 g/mol. The minimum atomic E-state index is -0.411. The Hall–Kier alpha value is 0.570. The topological polar surface area (TPSA) is 47.6 Å². The second-order valence-corrected chi connectivity index (χ2v) is 6.95. The molecule has 4 nitrogen and oxygen atoms in total. The summed E-state index contributed by atoms with van der Waals surface area (Å²) < 4.78 is -0.411. The molecule has 80 valence electrons. The van der Waals surface area contributed by atoms with Gasteiger partial charge in [0.15, 0.2) is 0 Å². The molecule has 0 aromatic heterocycles. The standard InChI is InChI=1S/C8H18IN2O2/c1-7(2,3)13-10-6-11(12)8(4,5)9/h10H,6H2,1-5H3/q-1. The number of rotatable bonds is 4. The van der Waals surface area contributed by atoms with Gasteiger partial charge >= 0.3 is 0 Å². The van der Waals surface area contributed by atoms with E-state index in [2.05, 4.69) is 28.1 Å². The third-order valence-corrected chi connectivity index (χ3v) is 1.72. The fourth-order valence-corrected chi connectivity index (χ4v) is 0.666. The average molecular weight is 301 g/mol. The van der Waals surface area contributed by atoms with Crippen molar-refractivity contribution in [2.45, 2.75) is 43.8 Å². The van der Waals surface area contributed by atoms with Gasteiger partial charge in [0, 0.05) is 0 Å². The van der Waals surface area contributed by atoms with E-state index in [0.717, 1.165) is 5.06 Å². The molecule has 0 spiro atoms. The van der Waals surface area contributed by atoms with Gasteiger partial charge in [0.25, 0.3) is 0 Å². The molecule has 0 aliphatic rings. The largest absolute Gasteiger partial charge is 0.783 e. The van der Waals surface area contributed by atoms with Gasteiger partial charge in [-0.15, -0.1) is 0 Å². The number of halogens is 1. The van der Waals surface area contributed by atoms with Gasteiger partial charge in [0.05, 0.1) is 15.8 Å². The maximum atomic E-state index is 11.3. The highest BCUT2D eigenvalue weighted by Gasteiger charge is 2.15. The van der Waals surface area contributed by atoms with Crippen LogP contribution < -0.4 is 5.48 Å². The summed E-state index contributed by atoms with van der Waals surface area (Å²) in [4.78, 5) is 5.20. The molecule has 0 aromatic rings. The molecule has 0 aromatic carbocycles. The average Bonchev–Trinajstić information content (AvgIpc) is 1.82. The summed E-state index contributed by atoms with van der Waals surface area (Å²) in [5.74, 6) is 0. The van der Waals surface area contributed by atoms with Crippen molar-refractivity contribution in [1.82, 2.24) is 10.5 Å². The summed E-state index contributed by atoms with van der Waals surface area (Å²) in [6.45, 7) is 9.63. The van der Waals surface area contributed by atoms with Crippen molar-refractivity contribution in [2.24, 2.45) is 0 Å². The Balaban J connectivity index is 3.67. The fourth-order valence-electron chi connectivity index (χ4n) is 0.495. The summed E-state index contributed by atoms with van der Waals surface area (Å²) >= 11 is 2.08. The van der Waals surface area contributed by atoms with Crippen LogP contribution in [0.1, 0.15) is 34.6 Å². The van der Waals surface area contributed by atoms with Crippen LogP contribution in [0.4, 0.5) is 0 Å². The lowest BCUT2D eigenvalue weighted by molar-refractivity contribution is -0.0871. The molecule has 0 aliphatic heterocycles. The Morgan fingerprint density at radius 2 is 1.77 bits per heavy atom. The smallest absolute Gasteiger partial charge is 0.0813 e. The van der Waals surface area contributed by atoms with Gasteiger partial charge in [0.2, 0.25) is 0 Å². The summed E-state index contributed by atoms with van der Waals surface area (Å²) in [6, 6.07) is 0. The number of nitrogens with one attached hydrogen (secondary N) is 1. The molecule has 0 unspecified atom stereocenters. The predicted octanol–water partition coefficient (Wildman–Crippen LogP) is 2.23. The summed E-state index contributed by atoms with van der Waals surface area (Å²) in [5, 5.41) is 12.2. The van der Waals surface area contributed by atoms with Crippen molar-refractivity contribution in [2.75, 3.05) is 6.67 Å². The van der Waals surface area contributed by atoms with Gasteiger partial charge in [0.1, 0.15) is 0 Å². The van der Waals surface area contributed by atoms with E-state index in [1.807, 2.05) is 34.6 Å². The summed E-state index contributed by atoms with van der Waals surface area (Å²) in [6.07, 6.45) is 0. The third-order valence-electron chi connectivity index (χ3n) is 1.18. The molecule has 0 amide bonds. The third kappa shape index (κ3) is 7.63. The van der Waals surface area contributed by atoms with E-state index in [9.17, 15) is 5.21 Å². The SMILES string of the molecule is CC(C)(C)ONCN([O-])C(C)(C)I. The molecule has 0 saturated carbocycles. The molecule has 0 rings (SSSR count). The molecule has 13 heavy (non-hydrogen) atoms. The van der Waals surface area contributed by atoms with Crippen molar-refractivity contribution in [3.8, 4) is 0 Å². The Morgan fingerprint density at radius 1 is 1.31 bits per heavy atom. The quantitative estimate of drug-likeness (QED) is 0.284. The summed E-state index contributed by atoms with van der Waals surface area (Å²) in [7, 11) is 0. The molecule has 1 N–H and O–H groups in total. The number of nitrogens with zero attached hydrogens (tertiary/aromatic N) is 1. The predicted molar refractivity (Wildman–Crippen MR) is 62.1 cm³/mol. The Labute approximate surface area is 93.7 Å². The molecule has 0 fully saturated rings. The first kappa shape index (κ1) is 13.6. The zero-order valence-electron chi connectivity index (χ0n) is 8.85. The first-order valence-electron chi connectivity index (χ1n) is 4.17. The lowest BCUT2D eigenvalue weighted by Crippen LogP contribution is -2.42. The maximum Gasteiger partial charge on any atom is 0.0813 e. The number of hydrogen-bond donors (Lipinski definition) is 1. The van der Waals surface area contributed by atoms with E-state index in [1.165, 1.54) is 0 Å². The first-order chi connectivity index (χ1) is 5.63. The molecule has 0 aliphatic carbocycles. The van der Waals surface area contributed by atoms with Crippen molar-refractivity contribution < 1.29 is 4.84 Å². The molecule has 0 heterocycles. The molecule has 0 atom stereocenters. The second kappa shape index (κ2) is 4.88. The van der Waals surface area contributed by atoms with Crippen molar-refractivity contribution >= 4 is 22.6 Å². The van der Waals surface area contributed by atoms with Crippen LogP contribution in [-0.2, 0) is 4.84 Å². The molecular formula is C8H18IN2O2-. The highest BCUT2D eigenvalue weighted by Crippen LogP contribution is 2.20. The lowest BCUT2D eigenvalue weighted by Gasteiger charge is -2.40. The van der Waals surface area contributed by atoms with Crippen LogP contribution in [0.25, 0.3) is 0 Å². The molecule has 5 heteroatoms. The van der Waals surface area contributed by atoms with Crippen molar-refractivity contribution in [1.29, 1.82) is 0 Å². The Morgan fingerprint density at radius 3 is 2.08 bits per heavy atom. The number of hydrogen-bond acceptors (Lipinski definition) is 4. The van der Waals surface area contributed by atoms with E-state index in [-0.39, 0.29) is 12.3 Å². The van der Waals surface area contributed by atoms with Crippen LogP contribution in [-0.4, -0.2) is 20.9 Å². The minimum Gasteiger partial charge on any atom is -0.783 e. The highest BCUT2D eigenvalue weighted by molar-refractivity contribution is 14.1. The summed E-state index contributed by atoms with van der Waals surface area (Å²) in [5.41, 5.74) is 2.37. The second-order valence-electron chi connectivity index (χ2n) is 4.31. The minimum absolute atomic E-state index is 0.174. The molecule has 0 bridgehead atoms. The van der Waals surface area contributed by atoms with Crippen molar-refractivity contribution in [3.05, 3.63) is 5.21 Å². The lowest BCUT2D eigenvalue weighted by atomic mass is 10.2.